The minimum absolute atomic E-state index is 0. The van der Waals surface area contributed by atoms with Gasteiger partial charge in [-0.15, -0.1) is 17.5 Å². The molecular formula is C15H19Cl2N5O. The van der Waals surface area contributed by atoms with Crippen molar-refractivity contribution in [2.45, 2.75) is 25.4 Å². The Morgan fingerprint density at radius 3 is 2.83 bits per heavy atom. The van der Waals surface area contributed by atoms with Gasteiger partial charge in [-0.1, -0.05) is 35.0 Å². The fraction of sp³-hybridized carbons (Fsp3) is 0.400. The summed E-state index contributed by atoms with van der Waals surface area (Å²) >= 11 is 6.07. The van der Waals surface area contributed by atoms with E-state index in [4.69, 9.17) is 11.6 Å². The fourth-order valence-electron chi connectivity index (χ4n) is 2.54. The van der Waals surface area contributed by atoms with Crippen molar-refractivity contribution in [2.24, 2.45) is 0 Å². The van der Waals surface area contributed by atoms with Crippen LogP contribution in [-0.2, 0) is 6.54 Å². The zero-order valence-electron chi connectivity index (χ0n) is 12.5. The van der Waals surface area contributed by atoms with Crippen molar-refractivity contribution in [2.75, 3.05) is 13.1 Å². The Bertz CT molecular complexity index is 655. The van der Waals surface area contributed by atoms with Crippen LogP contribution in [0.4, 0.5) is 0 Å². The molecule has 0 saturated carbocycles. The molecule has 1 aliphatic heterocycles. The normalized spacial score (nSPS) is 15.0. The molecule has 6 nitrogen and oxygen atoms in total. The Hall–Kier alpha value is -1.63. The van der Waals surface area contributed by atoms with Crippen molar-refractivity contribution in [1.29, 1.82) is 0 Å². The minimum Gasteiger partial charge on any atom is -0.346 e. The molecule has 0 bridgehead atoms. The first-order chi connectivity index (χ1) is 10.7. The highest BCUT2D eigenvalue weighted by atomic mass is 35.5. The lowest BCUT2D eigenvalue weighted by Crippen LogP contribution is -2.29. The molecule has 1 aromatic carbocycles. The molecular weight excluding hydrogens is 337 g/mol. The van der Waals surface area contributed by atoms with Gasteiger partial charge >= 0.3 is 0 Å². The number of carbonyl (C=O) groups is 1. The summed E-state index contributed by atoms with van der Waals surface area (Å²) in [5, 5.41) is 14.8. The molecule has 0 aliphatic carbocycles. The van der Waals surface area contributed by atoms with Crippen LogP contribution in [0.2, 0.25) is 5.02 Å². The van der Waals surface area contributed by atoms with Gasteiger partial charge in [0, 0.05) is 11.6 Å². The van der Waals surface area contributed by atoms with E-state index in [0.29, 0.717) is 23.3 Å². The van der Waals surface area contributed by atoms with Crippen molar-refractivity contribution in [3.63, 3.8) is 0 Å². The molecule has 1 aliphatic rings. The van der Waals surface area contributed by atoms with E-state index in [9.17, 15) is 4.79 Å². The fourth-order valence-corrected chi connectivity index (χ4v) is 2.74. The van der Waals surface area contributed by atoms with Crippen LogP contribution >= 0.6 is 24.0 Å². The number of aromatic nitrogens is 3. The van der Waals surface area contributed by atoms with E-state index in [0.717, 1.165) is 31.5 Å². The van der Waals surface area contributed by atoms with Crippen LogP contribution in [0.25, 0.3) is 0 Å². The lowest BCUT2D eigenvalue weighted by atomic mass is 10.1. The van der Waals surface area contributed by atoms with Gasteiger partial charge in [-0.25, -0.2) is 4.68 Å². The second-order valence-corrected chi connectivity index (χ2v) is 5.75. The Kier molecular flexibility index (Phi) is 6.38. The number of nitrogens with one attached hydrogen (secondary N) is 2. The first-order valence-corrected chi connectivity index (χ1v) is 7.76. The molecule has 0 unspecified atom stereocenters. The third kappa shape index (κ3) is 4.43. The van der Waals surface area contributed by atoms with Gasteiger partial charge in [0.15, 0.2) is 5.69 Å². The van der Waals surface area contributed by atoms with Crippen molar-refractivity contribution in [1.82, 2.24) is 25.6 Å². The SMILES string of the molecule is Cl.O=C(NCc1ccccc1Cl)c1cn(C2CCNCC2)nn1. The Morgan fingerprint density at radius 1 is 1.35 bits per heavy atom. The second-order valence-electron chi connectivity index (χ2n) is 5.34. The van der Waals surface area contributed by atoms with Crippen molar-refractivity contribution < 1.29 is 4.79 Å². The largest absolute Gasteiger partial charge is 0.346 e. The first kappa shape index (κ1) is 17.7. The topological polar surface area (TPSA) is 71.8 Å². The molecule has 1 fully saturated rings. The van der Waals surface area contributed by atoms with Gasteiger partial charge in [-0.3, -0.25) is 4.79 Å². The van der Waals surface area contributed by atoms with Crippen molar-refractivity contribution in [3.8, 4) is 0 Å². The Morgan fingerprint density at radius 2 is 2.09 bits per heavy atom. The molecule has 23 heavy (non-hydrogen) atoms. The Labute approximate surface area is 146 Å². The molecule has 3 rings (SSSR count). The monoisotopic (exact) mass is 355 g/mol. The van der Waals surface area contributed by atoms with Gasteiger partial charge < -0.3 is 10.6 Å². The van der Waals surface area contributed by atoms with Gasteiger partial charge in [0.25, 0.3) is 5.91 Å². The highest BCUT2D eigenvalue weighted by molar-refractivity contribution is 6.31. The molecule has 0 atom stereocenters. The predicted octanol–water partition coefficient (Wildman–Crippen LogP) is 2.21. The van der Waals surface area contributed by atoms with Gasteiger partial charge in [0.2, 0.25) is 0 Å². The smallest absolute Gasteiger partial charge is 0.273 e. The third-order valence-electron chi connectivity index (χ3n) is 3.82. The molecule has 1 aromatic heterocycles. The van der Waals surface area contributed by atoms with E-state index in [2.05, 4.69) is 20.9 Å². The van der Waals surface area contributed by atoms with Crippen LogP contribution in [0, 0.1) is 0 Å². The highest BCUT2D eigenvalue weighted by Crippen LogP contribution is 2.17. The van der Waals surface area contributed by atoms with Crippen molar-refractivity contribution in [3.05, 3.63) is 46.7 Å². The molecule has 1 saturated heterocycles. The lowest BCUT2D eigenvalue weighted by molar-refractivity contribution is 0.0946. The van der Waals surface area contributed by atoms with E-state index in [1.165, 1.54) is 0 Å². The number of piperidine rings is 1. The zero-order valence-corrected chi connectivity index (χ0v) is 14.1. The highest BCUT2D eigenvalue weighted by Gasteiger charge is 2.18. The summed E-state index contributed by atoms with van der Waals surface area (Å²) in [4.78, 5) is 12.1. The van der Waals surface area contributed by atoms with Gasteiger partial charge in [0.05, 0.1) is 12.2 Å². The summed E-state index contributed by atoms with van der Waals surface area (Å²) in [6.07, 6.45) is 3.73. The number of hydrogen-bond acceptors (Lipinski definition) is 4. The summed E-state index contributed by atoms with van der Waals surface area (Å²) in [5.74, 6) is -0.236. The quantitative estimate of drug-likeness (QED) is 0.881. The lowest BCUT2D eigenvalue weighted by Gasteiger charge is -2.22. The summed E-state index contributed by atoms with van der Waals surface area (Å²) in [7, 11) is 0. The van der Waals surface area contributed by atoms with Gasteiger partial charge in [-0.05, 0) is 37.6 Å². The summed E-state index contributed by atoms with van der Waals surface area (Å²) in [6, 6.07) is 7.75. The number of halogens is 2. The molecule has 2 heterocycles. The molecule has 2 aromatic rings. The number of rotatable bonds is 4. The molecule has 1 amide bonds. The molecule has 2 N–H and O–H groups in total. The van der Waals surface area contributed by atoms with Crippen molar-refractivity contribution >= 4 is 29.9 Å². The minimum atomic E-state index is -0.236. The van der Waals surface area contributed by atoms with E-state index < -0.39 is 0 Å². The van der Waals surface area contributed by atoms with Gasteiger partial charge in [0.1, 0.15) is 0 Å². The van der Waals surface area contributed by atoms with Crippen LogP contribution in [0.1, 0.15) is 34.9 Å². The first-order valence-electron chi connectivity index (χ1n) is 7.38. The summed E-state index contributed by atoms with van der Waals surface area (Å²) in [6.45, 7) is 2.32. The van der Waals surface area contributed by atoms with Crippen LogP contribution in [-0.4, -0.2) is 34.0 Å². The molecule has 0 spiro atoms. The molecule has 8 heteroatoms. The zero-order chi connectivity index (χ0) is 15.4. The van der Waals surface area contributed by atoms with E-state index in [1.807, 2.05) is 18.2 Å². The number of nitrogens with zero attached hydrogens (tertiary/aromatic N) is 3. The third-order valence-corrected chi connectivity index (χ3v) is 4.19. The standard InChI is InChI=1S/C15H18ClN5O.ClH/c16-13-4-2-1-3-11(13)9-18-15(22)14-10-21(20-19-14)12-5-7-17-8-6-12;/h1-4,10,12,17H,5-9H2,(H,18,22);1H. The molecule has 124 valence electrons. The van der Waals surface area contributed by atoms with Crippen LogP contribution in [0.15, 0.2) is 30.5 Å². The maximum absolute atomic E-state index is 12.1. The van der Waals surface area contributed by atoms with Crippen LogP contribution in [0.3, 0.4) is 0 Å². The predicted molar refractivity (Wildman–Crippen MR) is 91.0 cm³/mol. The average molecular weight is 356 g/mol. The Balaban J connectivity index is 0.00000192. The van der Waals surface area contributed by atoms with Crippen LogP contribution < -0.4 is 10.6 Å². The average Bonchev–Trinajstić information content (AvgIpc) is 3.05. The summed E-state index contributed by atoms with van der Waals surface area (Å²) in [5.41, 5.74) is 1.22. The number of hydrogen-bond donors (Lipinski definition) is 2. The maximum atomic E-state index is 12.1. The molecule has 0 radical (unpaired) electrons. The number of carbonyl (C=O) groups excluding carboxylic acids is 1. The van der Waals surface area contributed by atoms with Gasteiger partial charge in [-0.2, -0.15) is 0 Å². The van der Waals surface area contributed by atoms with E-state index in [-0.39, 0.29) is 18.3 Å². The van der Waals surface area contributed by atoms with Crippen LogP contribution in [0.5, 0.6) is 0 Å². The second kappa shape index (κ2) is 8.29. The number of amides is 1. The van der Waals surface area contributed by atoms with E-state index in [1.54, 1.807) is 16.9 Å². The van der Waals surface area contributed by atoms with E-state index >= 15 is 0 Å². The number of benzene rings is 1. The summed E-state index contributed by atoms with van der Waals surface area (Å²) < 4.78 is 1.80. The maximum Gasteiger partial charge on any atom is 0.273 e.